The third kappa shape index (κ3) is 5.66. The summed E-state index contributed by atoms with van der Waals surface area (Å²) in [4.78, 5) is 19.5. The Bertz CT molecular complexity index is 1220. The summed E-state index contributed by atoms with van der Waals surface area (Å²) in [5, 5.41) is 17.0. The topological polar surface area (TPSA) is 104 Å². The maximum Gasteiger partial charge on any atom is 0.255 e. The van der Waals surface area contributed by atoms with Gasteiger partial charge in [-0.05, 0) is 74.5 Å². The molecule has 7 nitrogen and oxygen atoms in total. The number of nitrogens with zero attached hydrogens (tertiary/aromatic N) is 2. The highest BCUT2D eigenvalue weighted by molar-refractivity contribution is 6.30. The number of likely N-dealkylation sites (N-methyl/N-ethyl adjacent to an activating group) is 1. The lowest BCUT2D eigenvalue weighted by atomic mass is 10.1. The van der Waals surface area contributed by atoms with Crippen molar-refractivity contribution in [1.29, 1.82) is 0 Å². The second-order valence-electron chi connectivity index (χ2n) is 8.56. The number of carbonyl (C=O) groups excluding carboxylic acids is 1. The van der Waals surface area contributed by atoms with Gasteiger partial charge in [0.25, 0.3) is 5.91 Å². The van der Waals surface area contributed by atoms with Gasteiger partial charge in [0.05, 0.1) is 11.3 Å². The number of aromatic nitrogens is 1. The number of anilines is 3. The van der Waals surface area contributed by atoms with Crippen molar-refractivity contribution in [2.24, 2.45) is 0 Å². The first-order valence-corrected chi connectivity index (χ1v) is 12.0. The van der Waals surface area contributed by atoms with E-state index in [1.165, 1.54) is 6.07 Å². The summed E-state index contributed by atoms with van der Waals surface area (Å²) in [5.74, 6) is -0.193. The van der Waals surface area contributed by atoms with Gasteiger partial charge in [0.2, 0.25) is 0 Å². The Morgan fingerprint density at radius 1 is 1.26 bits per heavy atom. The van der Waals surface area contributed by atoms with Gasteiger partial charge >= 0.3 is 0 Å². The molecule has 2 heterocycles. The molecular weight excluding hydrogens is 469 g/mol. The standard InChI is InChI=1S/C26H29ClFN5O2/c1-2-33-11-3-4-19(33)15-30-26(35)20-7-9-23(32-25(20)29)21-13-18(6-10-24(21)34)31-22-8-5-17(27)12-16(22)14-28/h5-10,12-13,19,31,34H,2-4,11,14-15H2,1H3,(H2,29,32)(H,30,35). The summed E-state index contributed by atoms with van der Waals surface area (Å²) in [6.45, 7) is 4.03. The second kappa shape index (κ2) is 10.9. The van der Waals surface area contributed by atoms with Gasteiger partial charge in [0.15, 0.2) is 0 Å². The number of halogens is 2. The largest absolute Gasteiger partial charge is 0.507 e. The lowest BCUT2D eigenvalue weighted by molar-refractivity contribution is 0.0942. The minimum atomic E-state index is -0.674. The van der Waals surface area contributed by atoms with E-state index < -0.39 is 6.67 Å². The minimum Gasteiger partial charge on any atom is -0.507 e. The molecule has 3 aromatic rings. The molecule has 0 radical (unpaired) electrons. The van der Waals surface area contributed by atoms with Crippen LogP contribution in [-0.2, 0) is 6.67 Å². The quantitative estimate of drug-likeness (QED) is 0.322. The fraction of sp³-hybridized carbons (Fsp3) is 0.308. The van der Waals surface area contributed by atoms with Gasteiger partial charge in [-0.25, -0.2) is 9.37 Å². The first-order valence-electron chi connectivity index (χ1n) is 11.6. The van der Waals surface area contributed by atoms with E-state index >= 15 is 0 Å². The minimum absolute atomic E-state index is 0.00219. The summed E-state index contributed by atoms with van der Waals surface area (Å²) in [7, 11) is 0. The summed E-state index contributed by atoms with van der Waals surface area (Å²) in [6, 6.07) is 13.4. The van der Waals surface area contributed by atoms with Crippen molar-refractivity contribution in [3.63, 3.8) is 0 Å². The maximum atomic E-state index is 13.4. The van der Waals surface area contributed by atoms with E-state index in [1.807, 2.05) is 0 Å². The molecule has 1 aromatic heterocycles. The molecule has 5 N–H and O–H groups in total. The normalized spacial score (nSPS) is 15.8. The Morgan fingerprint density at radius 2 is 2.09 bits per heavy atom. The van der Waals surface area contributed by atoms with Crippen LogP contribution in [0.25, 0.3) is 11.3 Å². The molecule has 1 aliphatic rings. The number of nitrogens with one attached hydrogen (secondary N) is 2. The van der Waals surface area contributed by atoms with E-state index in [2.05, 4.69) is 27.4 Å². The number of phenolic OH excluding ortho intramolecular Hbond substituents is 1. The van der Waals surface area contributed by atoms with E-state index in [0.29, 0.717) is 45.8 Å². The van der Waals surface area contributed by atoms with Crippen molar-refractivity contribution < 1.29 is 14.3 Å². The van der Waals surface area contributed by atoms with Crippen molar-refractivity contribution in [3.8, 4) is 17.0 Å². The van der Waals surface area contributed by atoms with Crippen LogP contribution in [0.15, 0.2) is 48.5 Å². The lowest BCUT2D eigenvalue weighted by Gasteiger charge is -2.23. The van der Waals surface area contributed by atoms with Crippen molar-refractivity contribution in [3.05, 3.63) is 64.7 Å². The number of benzene rings is 2. The molecular formula is C26H29ClFN5O2. The van der Waals surface area contributed by atoms with E-state index in [4.69, 9.17) is 17.3 Å². The first-order chi connectivity index (χ1) is 16.9. The predicted molar refractivity (Wildman–Crippen MR) is 138 cm³/mol. The molecule has 0 saturated carbocycles. The van der Waals surface area contributed by atoms with Gasteiger partial charge < -0.3 is 21.5 Å². The van der Waals surface area contributed by atoms with Crippen LogP contribution in [0.3, 0.4) is 0 Å². The van der Waals surface area contributed by atoms with Crippen molar-refractivity contribution >= 4 is 34.7 Å². The van der Waals surface area contributed by atoms with Crippen LogP contribution in [-0.4, -0.2) is 46.6 Å². The number of pyridine rings is 1. The number of hydrogen-bond acceptors (Lipinski definition) is 6. The molecule has 1 atom stereocenters. The molecule has 1 fully saturated rings. The number of alkyl halides is 1. The molecule has 1 amide bonds. The molecule has 1 saturated heterocycles. The number of aromatic hydroxyl groups is 1. The van der Waals surface area contributed by atoms with Gasteiger partial charge in [0, 0.05) is 40.1 Å². The van der Waals surface area contributed by atoms with Crippen LogP contribution >= 0.6 is 11.6 Å². The van der Waals surface area contributed by atoms with Crippen LogP contribution < -0.4 is 16.4 Å². The van der Waals surface area contributed by atoms with Crippen LogP contribution in [0.4, 0.5) is 21.6 Å². The zero-order chi connectivity index (χ0) is 24.9. The molecule has 2 aromatic carbocycles. The summed E-state index contributed by atoms with van der Waals surface area (Å²) in [6.07, 6.45) is 2.20. The first kappa shape index (κ1) is 24.8. The van der Waals surface area contributed by atoms with Crippen LogP contribution in [0.5, 0.6) is 5.75 Å². The fourth-order valence-electron chi connectivity index (χ4n) is 4.43. The molecule has 4 rings (SSSR count). The average molecular weight is 498 g/mol. The van der Waals surface area contributed by atoms with Gasteiger partial charge in [-0.15, -0.1) is 0 Å². The van der Waals surface area contributed by atoms with Crippen LogP contribution in [0.2, 0.25) is 5.02 Å². The van der Waals surface area contributed by atoms with Crippen LogP contribution in [0.1, 0.15) is 35.7 Å². The Morgan fingerprint density at radius 3 is 2.83 bits per heavy atom. The SMILES string of the molecule is CCN1CCCC1CNC(=O)c1ccc(-c2cc(Nc3ccc(Cl)cc3CF)ccc2O)nc1N. The van der Waals surface area contributed by atoms with E-state index in [1.54, 1.807) is 42.5 Å². The van der Waals surface area contributed by atoms with E-state index in [0.717, 1.165) is 25.9 Å². The summed E-state index contributed by atoms with van der Waals surface area (Å²) in [5.41, 5.74) is 8.86. The molecule has 0 spiro atoms. The summed E-state index contributed by atoms with van der Waals surface area (Å²) < 4.78 is 13.4. The molecule has 35 heavy (non-hydrogen) atoms. The number of nitrogen functional groups attached to an aromatic ring is 1. The van der Waals surface area contributed by atoms with E-state index in [-0.39, 0.29) is 23.0 Å². The van der Waals surface area contributed by atoms with Gasteiger partial charge in [-0.2, -0.15) is 0 Å². The highest BCUT2D eigenvalue weighted by atomic mass is 35.5. The Kier molecular flexibility index (Phi) is 7.73. The molecule has 1 aliphatic heterocycles. The maximum absolute atomic E-state index is 13.4. The predicted octanol–water partition coefficient (Wildman–Crippen LogP) is 5.12. The van der Waals surface area contributed by atoms with Crippen molar-refractivity contribution in [2.45, 2.75) is 32.5 Å². The lowest BCUT2D eigenvalue weighted by Crippen LogP contribution is -2.40. The fourth-order valence-corrected chi connectivity index (χ4v) is 4.63. The highest BCUT2D eigenvalue weighted by Crippen LogP contribution is 2.33. The van der Waals surface area contributed by atoms with Gasteiger partial charge in [0.1, 0.15) is 18.2 Å². The Hall–Kier alpha value is -3.36. The van der Waals surface area contributed by atoms with Gasteiger partial charge in [-0.1, -0.05) is 18.5 Å². The third-order valence-corrected chi connectivity index (χ3v) is 6.57. The molecule has 0 aliphatic carbocycles. The molecule has 9 heteroatoms. The number of nitrogens with two attached hydrogens (primary N) is 1. The number of carbonyl (C=O) groups is 1. The van der Waals surface area contributed by atoms with Gasteiger partial charge in [-0.3, -0.25) is 9.69 Å². The third-order valence-electron chi connectivity index (χ3n) is 6.34. The number of rotatable bonds is 8. The molecule has 1 unspecified atom stereocenters. The number of phenols is 1. The number of hydrogen-bond donors (Lipinski definition) is 4. The average Bonchev–Trinajstić information content (AvgIpc) is 3.32. The van der Waals surface area contributed by atoms with Crippen molar-refractivity contribution in [1.82, 2.24) is 15.2 Å². The summed E-state index contributed by atoms with van der Waals surface area (Å²) >= 11 is 5.96. The highest BCUT2D eigenvalue weighted by Gasteiger charge is 2.24. The monoisotopic (exact) mass is 497 g/mol. The van der Waals surface area contributed by atoms with E-state index in [9.17, 15) is 14.3 Å². The Balaban J connectivity index is 1.51. The second-order valence-corrected chi connectivity index (χ2v) is 8.99. The Labute approximate surface area is 209 Å². The van der Waals surface area contributed by atoms with Crippen LogP contribution in [0, 0.1) is 0 Å². The number of amides is 1. The zero-order valence-electron chi connectivity index (χ0n) is 19.5. The van der Waals surface area contributed by atoms with Crippen molar-refractivity contribution in [2.75, 3.05) is 30.7 Å². The number of likely N-dealkylation sites (tertiary alicyclic amines) is 1. The smallest absolute Gasteiger partial charge is 0.255 e. The zero-order valence-corrected chi connectivity index (χ0v) is 20.3. The molecule has 184 valence electrons. The molecule has 0 bridgehead atoms.